The number of carbonyl (C=O) groups excluding carboxylic acids is 1. The maximum atomic E-state index is 14.8. The molecule has 1 amide bonds. The van der Waals surface area contributed by atoms with Crippen molar-refractivity contribution in [2.24, 2.45) is 5.92 Å². The van der Waals surface area contributed by atoms with Gasteiger partial charge in [0.15, 0.2) is 0 Å². The molecular weight excluding hydrogens is 537 g/mol. The van der Waals surface area contributed by atoms with Crippen LogP contribution in [0.15, 0.2) is 66.9 Å². The van der Waals surface area contributed by atoms with Crippen molar-refractivity contribution in [3.8, 4) is 0 Å². The van der Waals surface area contributed by atoms with E-state index in [-0.39, 0.29) is 29.2 Å². The lowest BCUT2D eigenvalue weighted by Crippen LogP contribution is -2.45. The molecule has 1 aromatic heterocycles. The van der Waals surface area contributed by atoms with Gasteiger partial charge in [0, 0.05) is 25.6 Å². The molecule has 1 unspecified atom stereocenters. The molecule has 0 saturated heterocycles. The van der Waals surface area contributed by atoms with E-state index < -0.39 is 59.7 Å². The van der Waals surface area contributed by atoms with Gasteiger partial charge in [-0.3, -0.25) is 9.78 Å². The van der Waals surface area contributed by atoms with Gasteiger partial charge in [-0.05, 0) is 47.4 Å². The summed E-state index contributed by atoms with van der Waals surface area (Å²) in [6.45, 7) is -0.365. The van der Waals surface area contributed by atoms with Gasteiger partial charge in [-0.2, -0.15) is 8.78 Å². The molecule has 11 heteroatoms. The first-order valence-electron chi connectivity index (χ1n) is 11.6. The zero-order valence-corrected chi connectivity index (χ0v) is 20.5. The van der Waals surface area contributed by atoms with Gasteiger partial charge in [-0.1, -0.05) is 48.0 Å². The third-order valence-electron chi connectivity index (χ3n) is 6.54. The van der Waals surface area contributed by atoms with E-state index in [9.17, 15) is 35.5 Å². The van der Waals surface area contributed by atoms with E-state index in [0.717, 1.165) is 18.2 Å². The Morgan fingerprint density at radius 2 is 1.74 bits per heavy atom. The normalized spacial score (nSPS) is 18.2. The molecular formula is C27H22ClF7N2O. The highest BCUT2D eigenvalue weighted by atomic mass is 35.5. The quantitative estimate of drug-likeness (QED) is 0.284. The lowest BCUT2D eigenvalue weighted by Gasteiger charge is -2.35. The van der Waals surface area contributed by atoms with Crippen LogP contribution in [-0.2, 0) is 23.1 Å². The molecule has 1 saturated carbocycles. The van der Waals surface area contributed by atoms with Crippen molar-refractivity contribution < 1.29 is 35.5 Å². The fourth-order valence-corrected chi connectivity index (χ4v) is 4.55. The van der Waals surface area contributed by atoms with E-state index in [4.69, 9.17) is 11.6 Å². The van der Waals surface area contributed by atoms with E-state index in [1.807, 2.05) is 0 Å². The summed E-state index contributed by atoms with van der Waals surface area (Å²) in [4.78, 5) is 16.9. The number of carbonyl (C=O) groups is 1. The number of rotatable bonds is 10. The van der Waals surface area contributed by atoms with E-state index in [0.29, 0.717) is 5.56 Å². The minimum Gasteiger partial charge on any atom is -0.354 e. The fraction of sp³-hybridized carbons (Fsp3) is 0.333. The molecule has 1 aliphatic carbocycles. The van der Waals surface area contributed by atoms with Crippen LogP contribution in [-0.4, -0.2) is 35.7 Å². The molecule has 1 fully saturated rings. The summed E-state index contributed by atoms with van der Waals surface area (Å²) in [6, 6.07) is 14.5. The smallest absolute Gasteiger partial charge is 0.311 e. The Morgan fingerprint density at radius 1 is 1.05 bits per heavy atom. The van der Waals surface area contributed by atoms with Crippen molar-refractivity contribution in [2.45, 2.75) is 42.9 Å². The van der Waals surface area contributed by atoms with Crippen LogP contribution in [0.25, 0.3) is 0 Å². The summed E-state index contributed by atoms with van der Waals surface area (Å²) in [5.74, 6) is -11.0. The van der Waals surface area contributed by atoms with Crippen LogP contribution in [0.5, 0.6) is 0 Å². The van der Waals surface area contributed by atoms with Crippen molar-refractivity contribution in [3.05, 3.63) is 100 Å². The number of benzene rings is 2. The zero-order valence-electron chi connectivity index (χ0n) is 19.7. The number of nitrogens with zero attached hydrogens (tertiary/aromatic N) is 1. The number of hydrogen-bond donors (Lipinski definition) is 1. The van der Waals surface area contributed by atoms with Gasteiger partial charge in [-0.15, -0.1) is 0 Å². The fourth-order valence-electron chi connectivity index (χ4n) is 4.44. The highest BCUT2D eigenvalue weighted by Crippen LogP contribution is 2.49. The number of nitrogens with one attached hydrogen (secondary N) is 1. The molecule has 4 rings (SSSR count). The minimum absolute atomic E-state index is 0.0257. The van der Waals surface area contributed by atoms with Gasteiger partial charge in [0.2, 0.25) is 5.91 Å². The van der Waals surface area contributed by atoms with Gasteiger partial charge in [0.25, 0.3) is 5.92 Å². The molecule has 38 heavy (non-hydrogen) atoms. The van der Waals surface area contributed by atoms with Crippen LogP contribution in [0.2, 0.25) is 5.02 Å². The number of aromatic nitrogens is 1. The maximum absolute atomic E-state index is 14.8. The first kappa shape index (κ1) is 27.9. The summed E-state index contributed by atoms with van der Waals surface area (Å²) in [7, 11) is 0. The number of pyridine rings is 1. The highest BCUT2D eigenvalue weighted by Gasteiger charge is 2.61. The summed E-state index contributed by atoms with van der Waals surface area (Å²) in [5, 5.41) is 2.75. The summed E-state index contributed by atoms with van der Waals surface area (Å²) >= 11 is 6.00. The molecule has 3 nitrogen and oxygen atoms in total. The van der Waals surface area contributed by atoms with Gasteiger partial charge >= 0.3 is 12.3 Å². The second-order valence-electron chi connectivity index (χ2n) is 9.43. The van der Waals surface area contributed by atoms with Gasteiger partial charge in [-0.25, -0.2) is 22.0 Å². The van der Waals surface area contributed by atoms with Gasteiger partial charge < -0.3 is 5.32 Å². The minimum atomic E-state index is -4.42. The molecule has 0 radical (unpaired) electrons. The lowest BCUT2D eigenvalue weighted by atomic mass is 9.72. The second-order valence-corrected chi connectivity index (χ2v) is 9.86. The van der Waals surface area contributed by atoms with Gasteiger partial charge in [0.1, 0.15) is 11.7 Å². The average molecular weight is 559 g/mol. The number of halogens is 8. The van der Waals surface area contributed by atoms with E-state index in [2.05, 4.69) is 10.3 Å². The third kappa shape index (κ3) is 6.11. The van der Waals surface area contributed by atoms with Crippen LogP contribution < -0.4 is 5.32 Å². The van der Waals surface area contributed by atoms with Crippen LogP contribution in [0, 0.1) is 11.7 Å². The summed E-state index contributed by atoms with van der Waals surface area (Å²) < 4.78 is 95.6. The predicted molar refractivity (Wildman–Crippen MR) is 127 cm³/mol. The van der Waals surface area contributed by atoms with Crippen molar-refractivity contribution in [1.82, 2.24) is 10.3 Å². The zero-order chi connectivity index (χ0) is 27.7. The van der Waals surface area contributed by atoms with Crippen molar-refractivity contribution >= 4 is 17.5 Å². The maximum Gasteiger partial charge on any atom is 0.311 e. The Morgan fingerprint density at radius 3 is 2.32 bits per heavy atom. The Balaban J connectivity index is 1.85. The molecule has 1 N–H and O–H groups in total. The molecule has 0 bridgehead atoms. The molecule has 1 heterocycles. The van der Waals surface area contributed by atoms with E-state index >= 15 is 0 Å². The SMILES string of the molecule is O=C(NC[C@@](Cc1ccccc1)(c1cc(F)cc(CC(F)(F)C(F)F)c1)c1ccc(Cl)cn1)C1CC1(F)F. The first-order valence-corrected chi connectivity index (χ1v) is 12.0. The topological polar surface area (TPSA) is 42.0 Å². The van der Waals surface area contributed by atoms with E-state index in [1.165, 1.54) is 18.3 Å². The molecule has 2 atom stereocenters. The second kappa shape index (κ2) is 10.6. The Hall–Kier alpha value is -3.14. The van der Waals surface area contributed by atoms with Crippen LogP contribution in [0.3, 0.4) is 0 Å². The number of alkyl halides is 6. The Bertz CT molecular complexity index is 1290. The Labute approximate surface area is 219 Å². The number of amides is 1. The Kier molecular flexibility index (Phi) is 7.74. The predicted octanol–water partition coefficient (Wildman–Crippen LogP) is 6.62. The van der Waals surface area contributed by atoms with Crippen LogP contribution in [0.1, 0.15) is 28.8 Å². The largest absolute Gasteiger partial charge is 0.354 e. The molecule has 0 spiro atoms. The molecule has 1 aliphatic rings. The van der Waals surface area contributed by atoms with Crippen molar-refractivity contribution in [3.63, 3.8) is 0 Å². The standard InChI is InChI=1S/C27H22ClF7N2O/c28-19-6-7-22(36-14-19)25(11-16-4-2-1-3-5-16,15-37-23(38)21-13-26(21,32)33)18-8-17(9-20(29)10-18)12-27(34,35)24(30)31/h1-10,14,21,24H,11-13,15H2,(H,37,38)/t21?,25-/m0/s1. The van der Waals surface area contributed by atoms with Crippen molar-refractivity contribution in [2.75, 3.05) is 6.54 Å². The van der Waals surface area contributed by atoms with Crippen LogP contribution in [0.4, 0.5) is 30.7 Å². The molecule has 0 aliphatic heterocycles. The molecule has 202 valence electrons. The van der Waals surface area contributed by atoms with Gasteiger partial charge in [0.05, 0.1) is 16.1 Å². The number of hydrogen-bond acceptors (Lipinski definition) is 2. The lowest BCUT2D eigenvalue weighted by molar-refractivity contribution is -0.127. The van der Waals surface area contributed by atoms with Crippen LogP contribution >= 0.6 is 11.6 Å². The third-order valence-corrected chi connectivity index (χ3v) is 6.77. The van der Waals surface area contributed by atoms with E-state index in [1.54, 1.807) is 30.3 Å². The monoisotopic (exact) mass is 558 g/mol. The summed E-state index contributed by atoms with van der Waals surface area (Å²) in [5.41, 5.74) is -0.941. The highest BCUT2D eigenvalue weighted by molar-refractivity contribution is 6.30. The summed E-state index contributed by atoms with van der Waals surface area (Å²) in [6.07, 6.45) is -4.71. The average Bonchev–Trinajstić information content (AvgIpc) is 3.50. The molecule has 3 aromatic rings. The first-order chi connectivity index (χ1) is 17.8. The molecule has 2 aromatic carbocycles. The van der Waals surface area contributed by atoms with Crippen molar-refractivity contribution in [1.29, 1.82) is 0 Å².